The first-order valence-electron chi connectivity index (χ1n) is 4.62. The first-order chi connectivity index (χ1) is 6.15. The molecule has 1 N–H and O–H groups in total. The van der Waals surface area contributed by atoms with Crippen molar-refractivity contribution in [1.82, 2.24) is 10.2 Å². The Balaban J connectivity index is 2.74. The molecule has 3 nitrogen and oxygen atoms in total. The van der Waals surface area contributed by atoms with Gasteiger partial charge in [0.25, 0.3) is 0 Å². The molecule has 72 valence electrons. The second-order valence-corrected chi connectivity index (χ2v) is 3.25. The van der Waals surface area contributed by atoms with Crippen LogP contribution in [0, 0.1) is 0 Å². The minimum absolute atomic E-state index is 0.430. The van der Waals surface area contributed by atoms with E-state index in [1.54, 1.807) is 0 Å². The number of nitrogens with one attached hydrogen (secondary N) is 1. The van der Waals surface area contributed by atoms with Crippen LogP contribution in [0.1, 0.15) is 20.8 Å². The van der Waals surface area contributed by atoms with E-state index in [1.807, 2.05) is 19.2 Å². The van der Waals surface area contributed by atoms with Crippen LogP contribution in [0.2, 0.25) is 0 Å². The van der Waals surface area contributed by atoms with Crippen molar-refractivity contribution in [2.75, 3.05) is 6.54 Å². The molecule has 1 aliphatic rings. The Bertz CT molecular complexity index is 251. The van der Waals surface area contributed by atoms with Gasteiger partial charge in [-0.25, -0.2) is 0 Å². The number of nitrogens with zero attached hydrogens (tertiary/aromatic N) is 2. The van der Waals surface area contributed by atoms with Gasteiger partial charge in [0.2, 0.25) is 0 Å². The van der Waals surface area contributed by atoms with Crippen LogP contribution in [-0.4, -0.2) is 23.3 Å². The van der Waals surface area contributed by atoms with Gasteiger partial charge in [-0.15, -0.1) is 0 Å². The van der Waals surface area contributed by atoms with Gasteiger partial charge in [-0.1, -0.05) is 6.58 Å². The molecule has 0 saturated heterocycles. The van der Waals surface area contributed by atoms with E-state index in [2.05, 4.69) is 35.6 Å². The monoisotopic (exact) mass is 179 g/mol. The molecule has 0 atom stereocenters. The summed E-state index contributed by atoms with van der Waals surface area (Å²) < 4.78 is 0. The molecule has 0 unspecified atom stereocenters. The third kappa shape index (κ3) is 2.34. The SMILES string of the molecule is C=C1NC(=NCC)C=CN1C(C)C. The first kappa shape index (κ1) is 9.84. The molecule has 0 saturated carbocycles. The normalized spacial score (nSPS) is 19.8. The van der Waals surface area contributed by atoms with E-state index in [1.165, 1.54) is 0 Å². The molecule has 0 radical (unpaired) electrons. The fourth-order valence-electron chi connectivity index (χ4n) is 1.24. The van der Waals surface area contributed by atoms with Gasteiger partial charge in [0.15, 0.2) is 0 Å². The average Bonchev–Trinajstić information content (AvgIpc) is 2.04. The summed E-state index contributed by atoms with van der Waals surface area (Å²) >= 11 is 0. The van der Waals surface area contributed by atoms with Crippen molar-refractivity contribution >= 4 is 5.84 Å². The van der Waals surface area contributed by atoms with Gasteiger partial charge in [-0.05, 0) is 26.8 Å². The molecule has 0 bridgehead atoms. The number of hydrogen-bond acceptors (Lipinski definition) is 2. The van der Waals surface area contributed by atoms with Gasteiger partial charge in [0.1, 0.15) is 11.7 Å². The lowest BCUT2D eigenvalue weighted by Gasteiger charge is -2.30. The lowest BCUT2D eigenvalue weighted by molar-refractivity contribution is 0.367. The number of hydrogen-bond donors (Lipinski definition) is 1. The summed E-state index contributed by atoms with van der Waals surface area (Å²) in [6.45, 7) is 11.0. The highest BCUT2D eigenvalue weighted by Gasteiger charge is 2.13. The van der Waals surface area contributed by atoms with Crippen LogP contribution in [0.4, 0.5) is 0 Å². The second kappa shape index (κ2) is 4.12. The van der Waals surface area contributed by atoms with Crippen molar-refractivity contribution in [2.45, 2.75) is 26.8 Å². The first-order valence-corrected chi connectivity index (χ1v) is 4.62. The minimum Gasteiger partial charge on any atom is -0.332 e. The smallest absolute Gasteiger partial charge is 0.127 e. The summed E-state index contributed by atoms with van der Waals surface area (Å²) in [7, 11) is 0. The van der Waals surface area contributed by atoms with Crippen LogP contribution in [0.25, 0.3) is 0 Å². The fourth-order valence-corrected chi connectivity index (χ4v) is 1.24. The third-order valence-electron chi connectivity index (χ3n) is 1.86. The van der Waals surface area contributed by atoms with Crippen LogP contribution in [0.5, 0.6) is 0 Å². The highest BCUT2D eigenvalue weighted by molar-refractivity contribution is 5.94. The van der Waals surface area contributed by atoms with E-state index in [0.717, 1.165) is 18.2 Å². The summed E-state index contributed by atoms with van der Waals surface area (Å²) in [6, 6.07) is 0.430. The minimum atomic E-state index is 0.430. The summed E-state index contributed by atoms with van der Waals surface area (Å²) in [5.41, 5.74) is 0. The van der Waals surface area contributed by atoms with Gasteiger partial charge in [0.05, 0.1) is 0 Å². The van der Waals surface area contributed by atoms with Gasteiger partial charge in [-0.3, -0.25) is 4.99 Å². The van der Waals surface area contributed by atoms with Crippen LogP contribution in [0.3, 0.4) is 0 Å². The molecular weight excluding hydrogens is 162 g/mol. The highest BCUT2D eigenvalue weighted by Crippen LogP contribution is 2.09. The molecule has 0 aliphatic carbocycles. The Kier molecular flexibility index (Phi) is 3.12. The highest BCUT2D eigenvalue weighted by atomic mass is 15.3. The predicted molar refractivity (Wildman–Crippen MR) is 56.4 cm³/mol. The second-order valence-electron chi connectivity index (χ2n) is 3.25. The fraction of sp³-hybridized carbons (Fsp3) is 0.500. The Morgan fingerprint density at radius 3 is 2.77 bits per heavy atom. The quantitative estimate of drug-likeness (QED) is 0.698. The maximum atomic E-state index is 4.26. The van der Waals surface area contributed by atoms with Crippen molar-refractivity contribution in [3.05, 3.63) is 24.7 Å². The van der Waals surface area contributed by atoms with E-state index in [4.69, 9.17) is 0 Å². The molecule has 0 aromatic rings. The van der Waals surface area contributed by atoms with Gasteiger partial charge in [0, 0.05) is 18.8 Å². The molecule has 1 heterocycles. The summed E-state index contributed by atoms with van der Waals surface area (Å²) in [5.74, 6) is 1.79. The van der Waals surface area contributed by atoms with E-state index < -0.39 is 0 Å². The zero-order valence-corrected chi connectivity index (χ0v) is 8.54. The topological polar surface area (TPSA) is 27.6 Å². The van der Waals surface area contributed by atoms with Crippen molar-refractivity contribution in [1.29, 1.82) is 0 Å². The zero-order valence-electron chi connectivity index (χ0n) is 8.54. The lowest BCUT2D eigenvalue weighted by atomic mass is 10.3. The standard InChI is InChI=1S/C10H17N3/c1-5-11-10-6-7-13(8(2)3)9(4)12-10/h6-8H,4-5H2,1-3H3,(H,11,12). The number of rotatable bonds is 2. The molecule has 0 aromatic carbocycles. The summed E-state index contributed by atoms with van der Waals surface area (Å²) in [5, 5.41) is 3.14. The zero-order chi connectivity index (χ0) is 9.84. The molecule has 0 amide bonds. The molecular formula is C10H17N3. The number of aliphatic imine (C=N–C) groups is 1. The predicted octanol–water partition coefficient (Wildman–Crippen LogP) is 1.70. The molecule has 13 heavy (non-hydrogen) atoms. The molecule has 1 aliphatic heterocycles. The Labute approximate surface area is 79.8 Å². The molecule has 0 spiro atoms. The van der Waals surface area contributed by atoms with E-state index in [0.29, 0.717) is 6.04 Å². The van der Waals surface area contributed by atoms with Crippen LogP contribution >= 0.6 is 0 Å². The Morgan fingerprint density at radius 2 is 2.31 bits per heavy atom. The lowest BCUT2D eigenvalue weighted by Crippen LogP contribution is -2.38. The molecule has 1 rings (SSSR count). The van der Waals surface area contributed by atoms with E-state index in [9.17, 15) is 0 Å². The Morgan fingerprint density at radius 1 is 1.62 bits per heavy atom. The van der Waals surface area contributed by atoms with Crippen LogP contribution in [0.15, 0.2) is 29.7 Å². The van der Waals surface area contributed by atoms with E-state index >= 15 is 0 Å². The molecule has 3 heteroatoms. The third-order valence-corrected chi connectivity index (χ3v) is 1.86. The number of amidine groups is 1. The van der Waals surface area contributed by atoms with Crippen molar-refractivity contribution < 1.29 is 0 Å². The van der Waals surface area contributed by atoms with Crippen LogP contribution in [-0.2, 0) is 0 Å². The van der Waals surface area contributed by atoms with Crippen molar-refractivity contribution in [3.8, 4) is 0 Å². The maximum Gasteiger partial charge on any atom is 0.127 e. The van der Waals surface area contributed by atoms with Gasteiger partial charge < -0.3 is 10.2 Å². The summed E-state index contributed by atoms with van der Waals surface area (Å²) in [4.78, 5) is 6.34. The molecule has 0 aromatic heterocycles. The Hall–Kier alpha value is -1.25. The van der Waals surface area contributed by atoms with E-state index in [-0.39, 0.29) is 0 Å². The van der Waals surface area contributed by atoms with Gasteiger partial charge in [-0.2, -0.15) is 0 Å². The summed E-state index contributed by atoms with van der Waals surface area (Å²) in [6.07, 6.45) is 3.98. The average molecular weight is 179 g/mol. The largest absolute Gasteiger partial charge is 0.332 e. The maximum absolute atomic E-state index is 4.26. The van der Waals surface area contributed by atoms with Crippen molar-refractivity contribution in [3.63, 3.8) is 0 Å². The van der Waals surface area contributed by atoms with Crippen molar-refractivity contribution in [2.24, 2.45) is 4.99 Å². The molecule has 0 fully saturated rings. The van der Waals surface area contributed by atoms with Crippen LogP contribution < -0.4 is 5.32 Å². The van der Waals surface area contributed by atoms with Gasteiger partial charge >= 0.3 is 0 Å².